The number of nitrogens with one attached hydrogen (secondary N) is 1. The predicted molar refractivity (Wildman–Crippen MR) is 83.5 cm³/mol. The van der Waals surface area contributed by atoms with Crippen LogP contribution in [-0.4, -0.2) is 18.2 Å². The Labute approximate surface area is 125 Å². The number of rotatable bonds is 4. The first-order chi connectivity index (χ1) is 10.3. The molecule has 1 fully saturated rings. The Hall–Kier alpha value is -1.84. The zero-order valence-corrected chi connectivity index (χ0v) is 12.5. The molecule has 1 amide bonds. The lowest BCUT2D eigenvalue weighted by molar-refractivity contribution is -0.110. The lowest BCUT2D eigenvalue weighted by atomic mass is 9.90. The highest BCUT2D eigenvalue weighted by Gasteiger charge is 2.29. The van der Waals surface area contributed by atoms with Crippen molar-refractivity contribution in [3.63, 3.8) is 0 Å². The van der Waals surface area contributed by atoms with E-state index in [1.807, 2.05) is 18.2 Å². The number of carbonyl (C=O) groups is 1. The summed E-state index contributed by atoms with van der Waals surface area (Å²) in [7, 11) is 0. The third kappa shape index (κ3) is 2.94. The third-order valence-electron chi connectivity index (χ3n) is 4.42. The van der Waals surface area contributed by atoms with Crippen LogP contribution < -0.4 is 5.32 Å². The first kappa shape index (κ1) is 14.1. The highest BCUT2D eigenvalue weighted by Crippen LogP contribution is 2.28. The second-order valence-corrected chi connectivity index (χ2v) is 5.89. The van der Waals surface area contributed by atoms with Crippen molar-refractivity contribution in [1.29, 1.82) is 0 Å². The molecule has 0 aromatic heterocycles. The molecule has 4 heteroatoms. The van der Waals surface area contributed by atoms with Gasteiger partial charge in [0.1, 0.15) is 6.61 Å². The fraction of sp³-hybridized carbons (Fsp3) is 0.529. The van der Waals surface area contributed by atoms with Crippen LogP contribution in [0.2, 0.25) is 0 Å². The number of benzene rings is 1. The lowest BCUT2D eigenvalue weighted by Crippen LogP contribution is -2.17. The van der Waals surface area contributed by atoms with Gasteiger partial charge in [-0.1, -0.05) is 43.5 Å². The van der Waals surface area contributed by atoms with Crippen LogP contribution in [0.25, 0.3) is 0 Å². The van der Waals surface area contributed by atoms with Gasteiger partial charge in [0, 0.05) is 5.56 Å². The van der Waals surface area contributed by atoms with E-state index in [2.05, 4.69) is 17.4 Å². The summed E-state index contributed by atoms with van der Waals surface area (Å²) in [5, 5.41) is 7.01. The normalized spacial score (nSPS) is 20.4. The monoisotopic (exact) mass is 286 g/mol. The third-order valence-corrected chi connectivity index (χ3v) is 4.42. The molecule has 0 unspecified atom stereocenters. The highest BCUT2D eigenvalue weighted by atomic mass is 16.6. The molecule has 112 valence electrons. The summed E-state index contributed by atoms with van der Waals surface area (Å²) in [4.78, 5) is 17.6. The number of hydrogen-bond donors (Lipinski definition) is 1. The zero-order valence-electron chi connectivity index (χ0n) is 12.5. The van der Waals surface area contributed by atoms with Crippen molar-refractivity contribution in [2.75, 3.05) is 11.9 Å². The van der Waals surface area contributed by atoms with Crippen LogP contribution in [0.4, 0.5) is 5.69 Å². The molecule has 0 saturated heterocycles. The molecule has 1 saturated carbocycles. The summed E-state index contributed by atoms with van der Waals surface area (Å²) < 4.78 is 0. The molecule has 1 aliphatic heterocycles. The molecule has 3 rings (SSSR count). The Bertz CT molecular complexity index is 560. The fourth-order valence-electron chi connectivity index (χ4n) is 3.22. The van der Waals surface area contributed by atoms with Gasteiger partial charge in [0.05, 0.1) is 5.69 Å². The number of oxime groups is 1. The second kappa shape index (κ2) is 6.29. The Morgan fingerprint density at radius 1 is 1.29 bits per heavy atom. The van der Waals surface area contributed by atoms with Gasteiger partial charge in [-0.25, -0.2) is 0 Å². The van der Waals surface area contributed by atoms with E-state index >= 15 is 0 Å². The van der Waals surface area contributed by atoms with Crippen LogP contribution in [-0.2, 0) is 16.1 Å². The van der Waals surface area contributed by atoms with Crippen LogP contribution in [0.5, 0.6) is 0 Å². The van der Waals surface area contributed by atoms with E-state index in [-0.39, 0.29) is 5.91 Å². The summed E-state index contributed by atoms with van der Waals surface area (Å²) in [6, 6.07) is 5.91. The molecule has 0 atom stereocenters. The number of anilines is 1. The molecule has 1 heterocycles. The molecule has 1 aliphatic carbocycles. The van der Waals surface area contributed by atoms with E-state index in [1.165, 1.54) is 32.1 Å². The molecule has 1 N–H and O–H groups in total. The van der Waals surface area contributed by atoms with Crippen LogP contribution in [0.1, 0.15) is 50.2 Å². The number of hydrogen-bond acceptors (Lipinski definition) is 3. The van der Waals surface area contributed by atoms with Gasteiger partial charge in [0.25, 0.3) is 5.91 Å². The smallest absolute Gasteiger partial charge is 0.278 e. The second-order valence-electron chi connectivity index (χ2n) is 5.89. The first-order valence-electron chi connectivity index (χ1n) is 7.93. The van der Waals surface area contributed by atoms with E-state index in [0.29, 0.717) is 18.2 Å². The minimum absolute atomic E-state index is 0.158. The summed E-state index contributed by atoms with van der Waals surface area (Å²) in [6.45, 7) is 2.71. The van der Waals surface area contributed by atoms with Gasteiger partial charge in [0.15, 0.2) is 5.71 Å². The summed E-state index contributed by atoms with van der Waals surface area (Å²) in [5.74, 6) is 0.433. The molecule has 1 aromatic rings. The highest BCUT2D eigenvalue weighted by molar-refractivity contribution is 6.54. The van der Waals surface area contributed by atoms with Gasteiger partial charge in [-0.05, 0) is 36.8 Å². The van der Waals surface area contributed by atoms with Gasteiger partial charge >= 0.3 is 0 Å². The summed E-state index contributed by atoms with van der Waals surface area (Å²) in [6.07, 6.45) is 7.21. The van der Waals surface area contributed by atoms with Gasteiger partial charge < -0.3 is 10.2 Å². The van der Waals surface area contributed by atoms with E-state index in [0.717, 1.165) is 23.2 Å². The predicted octanol–water partition coefficient (Wildman–Crippen LogP) is 3.50. The van der Waals surface area contributed by atoms with Crippen molar-refractivity contribution >= 4 is 17.3 Å². The largest absolute Gasteiger partial charge is 0.395 e. The van der Waals surface area contributed by atoms with Gasteiger partial charge in [-0.15, -0.1) is 0 Å². The maximum atomic E-state index is 12.1. The molecular weight excluding hydrogens is 264 g/mol. The van der Waals surface area contributed by atoms with E-state index in [1.54, 1.807) is 0 Å². The average Bonchev–Trinajstić information content (AvgIpc) is 2.84. The molecule has 4 nitrogen and oxygen atoms in total. The minimum Gasteiger partial charge on any atom is -0.395 e. The first-order valence-corrected chi connectivity index (χ1v) is 7.93. The Morgan fingerprint density at radius 2 is 2.10 bits per heavy atom. The quantitative estimate of drug-likeness (QED) is 0.861. The van der Waals surface area contributed by atoms with Crippen molar-refractivity contribution < 1.29 is 9.63 Å². The molecule has 0 bridgehead atoms. The van der Waals surface area contributed by atoms with Crippen molar-refractivity contribution in [1.82, 2.24) is 0 Å². The fourth-order valence-corrected chi connectivity index (χ4v) is 3.22. The molecule has 21 heavy (non-hydrogen) atoms. The van der Waals surface area contributed by atoms with E-state index in [4.69, 9.17) is 4.84 Å². The average molecular weight is 286 g/mol. The Balaban J connectivity index is 1.73. The van der Waals surface area contributed by atoms with E-state index in [9.17, 15) is 4.79 Å². The Morgan fingerprint density at radius 3 is 2.86 bits per heavy atom. The molecule has 0 spiro atoms. The topological polar surface area (TPSA) is 50.7 Å². The molecule has 1 aromatic carbocycles. The van der Waals surface area contributed by atoms with Crippen LogP contribution in [0, 0.1) is 5.92 Å². The standard InChI is InChI=1S/C17H22N2O2/c1-2-13-9-6-10-14-15(13)16(17(20)18-14)19-21-11-12-7-4-3-5-8-12/h6,9-10,12H,2-5,7-8,11H2,1H3,(H,18,19,20). The van der Waals surface area contributed by atoms with Crippen LogP contribution >= 0.6 is 0 Å². The number of fused-ring (bicyclic) bond motifs is 1. The maximum absolute atomic E-state index is 12.1. The molecule has 2 aliphatic rings. The van der Waals surface area contributed by atoms with Crippen molar-refractivity contribution in [2.24, 2.45) is 11.1 Å². The number of carbonyl (C=O) groups excluding carboxylic acids is 1. The zero-order chi connectivity index (χ0) is 14.7. The number of aryl methyl sites for hydroxylation is 1. The maximum Gasteiger partial charge on any atom is 0.278 e. The van der Waals surface area contributed by atoms with Crippen molar-refractivity contribution in [3.8, 4) is 0 Å². The summed E-state index contributed by atoms with van der Waals surface area (Å²) >= 11 is 0. The van der Waals surface area contributed by atoms with Gasteiger partial charge in [-0.3, -0.25) is 4.79 Å². The van der Waals surface area contributed by atoms with Crippen molar-refractivity contribution in [3.05, 3.63) is 29.3 Å². The van der Waals surface area contributed by atoms with E-state index < -0.39 is 0 Å². The van der Waals surface area contributed by atoms with Crippen LogP contribution in [0.3, 0.4) is 0 Å². The molecular formula is C17H22N2O2. The summed E-state index contributed by atoms with van der Waals surface area (Å²) in [5.41, 5.74) is 3.32. The Kier molecular flexibility index (Phi) is 4.23. The SMILES string of the molecule is CCc1cccc2c1C(=NOCC1CCCCC1)C(=O)N2. The van der Waals surface area contributed by atoms with Gasteiger partial charge in [0.2, 0.25) is 0 Å². The molecule has 0 radical (unpaired) electrons. The van der Waals surface area contributed by atoms with Crippen LogP contribution in [0.15, 0.2) is 23.4 Å². The van der Waals surface area contributed by atoms with Crippen molar-refractivity contribution in [2.45, 2.75) is 45.4 Å². The minimum atomic E-state index is -0.158. The number of nitrogens with zero attached hydrogens (tertiary/aromatic N) is 1. The van der Waals surface area contributed by atoms with Gasteiger partial charge in [-0.2, -0.15) is 0 Å². The lowest BCUT2D eigenvalue weighted by Gasteiger charge is -2.19. The number of amides is 1.